The van der Waals surface area contributed by atoms with Crippen LogP contribution in [-0.2, 0) is 15.4 Å². The molecule has 0 atom stereocenters. The second-order valence-electron chi connectivity index (χ2n) is 8.13. The van der Waals surface area contributed by atoms with E-state index < -0.39 is 20.6 Å². The summed E-state index contributed by atoms with van der Waals surface area (Å²) in [5.74, 6) is 0. The molecule has 0 saturated carbocycles. The molecule has 0 heterocycles. The van der Waals surface area contributed by atoms with Gasteiger partial charge >= 0.3 is 0 Å². The van der Waals surface area contributed by atoms with Gasteiger partial charge < -0.3 is 0 Å². The van der Waals surface area contributed by atoms with Gasteiger partial charge in [0.25, 0.3) is 15.7 Å². The number of aryl methyl sites for hydroxylation is 1. The molecule has 156 valence electrons. The number of nitrogens with zero attached hydrogens (tertiary/aromatic N) is 2. The Kier molecular flexibility index (Phi) is 5.67. The van der Waals surface area contributed by atoms with Gasteiger partial charge in [-0.2, -0.15) is 0 Å². The minimum atomic E-state index is -4.25. The predicted molar refractivity (Wildman–Crippen MR) is 119 cm³/mol. The molecule has 0 unspecified atom stereocenters. The summed E-state index contributed by atoms with van der Waals surface area (Å²) >= 11 is 0. The van der Waals surface area contributed by atoms with Crippen molar-refractivity contribution in [3.63, 3.8) is 0 Å². The molecule has 0 aromatic heterocycles. The standard InChI is InChI=1S/C23H24N2O4S/c1-17-9-13-19(14-10-17)24(20-15-11-18(12-16-20)23(2,3)4)30(28,29)22-8-6-5-7-21(22)25(26)27/h5-16H,1-4H3. The molecular formula is C23H24N2O4S. The lowest BCUT2D eigenvalue weighted by Crippen LogP contribution is -2.27. The second-order valence-corrected chi connectivity index (χ2v) is 9.88. The van der Waals surface area contributed by atoms with Gasteiger partial charge in [0, 0.05) is 6.07 Å². The molecule has 0 N–H and O–H groups in total. The van der Waals surface area contributed by atoms with Crippen molar-refractivity contribution in [1.82, 2.24) is 0 Å². The monoisotopic (exact) mass is 424 g/mol. The van der Waals surface area contributed by atoms with E-state index in [1.165, 1.54) is 24.3 Å². The van der Waals surface area contributed by atoms with Gasteiger partial charge in [0.2, 0.25) is 0 Å². The summed E-state index contributed by atoms with van der Waals surface area (Å²) in [5, 5.41) is 11.5. The van der Waals surface area contributed by atoms with Gasteiger partial charge in [-0.25, -0.2) is 12.7 Å². The Morgan fingerprint density at radius 3 is 1.83 bits per heavy atom. The maximum absolute atomic E-state index is 13.6. The molecule has 0 aliphatic heterocycles. The molecule has 3 rings (SSSR count). The van der Waals surface area contributed by atoms with Crippen LogP contribution in [0.25, 0.3) is 0 Å². The largest absolute Gasteiger partial charge is 0.289 e. The van der Waals surface area contributed by atoms with Crippen LogP contribution in [0.1, 0.15) is 31.9 Å². The second kappa shape index (κ2) is 7.91. The number of rotatable bonds is 5. The van der Waals surface area contributed by atoms with Crippen LogP contribution in [0.2, 0.25) is 0 Å². The zero-order chi connectivity index (χ0) is 22.1. The number of hydrogen-bond donors (Lipinski definition) is 0. The first-order valence-corrected chi connectivity index (χ1v) is 10.9. The summed E-state index contributed by atoms with van der Waals surface area (Å²) in [5.41, 5.74) is 2.29. The number of hydrogen-bond acceptors (Lipinski definition) is 4. The SMILES string of the molecule is Cc1ccc(N(c2ccc(C(C)(C)C)cc2)S(=O)(=O)c2ccccc2[N+](=O)[O-])cc1. The highest BCUT2D eigenvalue weighted by atomic mass is 32.2. The van der Waals surface area contributed by atoms with Crippen molar-refractivity contribution >= 4 is 27.1 Å². The topological polar surface area (TPSA) is 80.5 Å². The van der Waals surface area contributed by atoms with Crippen molar-refractivity contribution in [1.29, 1.82) is 0 Å². The Labute approximate surface area is 177 Å². The molecule has 0 radical (unpaired) electrons. The fourth-order valence-electron chi connectivity index (χ4n) is 3.13. The Bertz CT molecular complexity index is 1160. The normalized spacial score (nSPS) is 11.9. The summed E-state index contributed by atoms with van der Waals surface area (Å²) in [7, 11) is -4.25. The van der Waals surface area contributed by atoms with E-state index in [9.17, 15) is 18.5 Å². The lowest BCUT2D eigenvalue weighted by molar-refractivity contribution is -0.387. The van der Waals surface area contributed by atoms with Crippen molar-refractivity contribution in [2.45, 2.75) is 38.0 Å². The van der Waals surface area contributed by atoms with Crippen LogP contribution in [0.3, 0.4) is 0 Å². The van der Waals surface area contributed by atoms with Crippen LogP contribution < -0.4 is 4.31 Å². The van der Waals surface area contributed by atoms with Crippen molar-refractivity contribution in [2.24, 2.45) is 0 Å². The Hall–Kier alpha value is -3.19. The fourth-order valence-corrected chi connectivity index (χ4v) is 4.78. The first kappa shape index (κ1) is 21.5. The molecule has 3 aromatic carbocycles. The Balaban J connectivity index is 2.23. The molecule has 3 aromatic rings. The highest BCUT2D eigenvalue weighted by molar-refractivity contribution is 7.93. The fraction of sp³-hybridized carbons (Fsp3) is 0.217. The molecule has 0 aliphatic carbocycles. The van der Waals surface area contributed by atoms with E-state index in [4.69, 9.17) is 0 Å². The van der Waals surface area contributed by atoms with E-state index in [0.717, 1.165) is 15.4 Å². The molecule has 0 fully saturated rings. The number of nitro benzene ring substituents is 1. The molecule has 0 spiro atoms. The smallest absolute Gasteiger partial charge is 0.258 e. The summed E-state index contributed by atoms with van der Waals surface area (Å²) in [6.07, 6.45) is 0. The third-order valence-electron chi connectivity index (χ3n) is 4.82. The van der Waals surface area contributed by atoms with E-state index in [1.807, 2.05) is 19.1 Å². The number of sulfonamides is 1. The van der Waals surface area contributed by atoms with E-state index in [2.05, 4.69) is 20.8 Å². The molecule has 30 heavy (non-hydrogen) atoms. The maximum Gasteiger partial charge on any atom is 0.289 e. The average molecular weight is 425 g/mol. The first-order valence-electron chi connectivity index (χ1n) is 9.48. The zero-order valence-corrected chi connectivity index (χ0v) is 18.2. The van der Waals surface area contributed by atoms with Crippen LogP contribution in [0.5, 0.6) is 0 Å². The Morgan fingerprint density at radius 1 is 0.833 bits per heavy atom. The number of para-hydroxylation sites is 1. The van der Waals surface area contributed by atoms with Crippen LogP contribution >= 0.6 is 0 Å². The summed E-state index contributed by atoms with van der Waals surface area (Å²) in [4.78, 5) is 10.5. The van der Waals surface area contributed by atoms with Gasteiger partial charge in [0.15, 0.2) is 4.90 Å². The van der Waals surface area contributed by atoms with Crippen LogP contribution in [0, 0.1) is 17.0 Å². The van der Waals surface area contributed by atoms with E-state index in [-0.39, 0.29) is 10.3 Å². The molecule has 7 heteroatoms. The Morgan fingerprint density at radius 2 is 1.33 bits per heavy atom. The maximum atomic E-state index is 13.6. The third-order valence-corrected chi connectivity index (χ3v) is 6.62. The van der Waals surface area contributed by atoms with E-state index in [0.29, 0.717) is 11.4 Å². The first-order chi connectivity index (χ1) is 14.0. The zero-order valence-electron chi connectivity index (χ0n) is 17.4. The van der Waals surface area contributed by atoms with Crippen molar-refractivity contribution in [2.75, 3.05) is 4.31 Å². The van der Waals surface area contributed by atoms with E-state index >= 15 is 0 Å². The van der Waals surface area contributed by atoms with Gasteiger partial charge in [0.1, 0.15) is 0 Å². The van der Waals surface area contributed by atoms with Gasteiger partial charge in [-0.05, 0) is 48.2 Å². The minimum absolute atomic E-state index is 0.0929. The number of anilines is 2. The molecule has 0 bridgehead atoms. The summed E-state index contributed by atoms with van der Waals surface area (Å²) in [6, 6.07) is 19.6. The average Bonchev–Trinajstić information content (AvgIpc) is 2.69. The van der Waals surface area contributed by atoms with Crippen LogP contribution in [0.15, 0.2) is 77.7 Å². The number of nitro groups is 1. The van der Waals surface area contributed by atoms with Gasteiger partial charge in [-0.3, -0.25) is 10.1 Å². The van der Waals surface area contributed by atoms with Gasteiger partial charge in [0.05, 0.1) is 16.3 Å². The summed E-state index contributed by atoms with van der Waals surface area (Å²) in [6.45, 7) is 8.13. The van der Waals surface area contributed by atoms with Crippen LogP contribution in [0.4, 0.5) is 17.1 Å². The molecule has 0 saturated heterocycles. The summed E-state index contributed by atoms with van der Waals surface area (Å²) < 4.78 is 28.4. The predicted octanol–water partition coefficient (Wildman–Crippen LogP) is 5.73. The lowest BCUT2D eigenvalue weighted by Gasteiger charge is -2.26. The number of benzene rings is 3. The molecule has 0 amide bonds. The molecular weight excluding hydrogens is 400 g/mol. The third kappa shape index (κ3) is 4.21. The van der Waals surface area contributed by atoms with Crippen LogP contribution in [-0.4, -0.2) is 13.3 Å². The van der Waals surface area contributed by atoms with Crippen molar-refractivity contribution in [3.05, 3.63) is 94.0 Å². The minimum Gasteiger partial charge on any atom is -0.258 e. The van der Waals surface area contributed by atoms with Crippen molar-refractivity contribution in [3.8, 4) is 0 Å². The highest BCUT2D eigenvalue weighted by Crippen LogP contribution is 2.36. The van der Waals surface area contributed by atoms with Gasteiger partial charge in [-0.15, -0.1) is 0 Å². The molecule has 0 aliphatic rings. The van der Waals surface area contributed by atoms with Crippen molar-refractivity contribution < 1.29 is 13.3 Å². The van der Waals surface area contributed by atoms with E-state index in [1.54, 1.807) is 36.4 Å². The molecule has 6 nitrogen and oxygen atoms in total. The quantitative estimate of drug-likeness (QED) is 0.387. The highest BCUT2D eigenvalue weighted by Gasteiger charge is 2.33. The lowest BCUT2D eigenvalue weighted by atomic mass is 9.87. The van der Waals surface area contributed by atoms with Gasteiger partial charge in [-0.1, -0.05) is 62.7 Å².